The van der Waals surface area contributed by atoms with Gasteiger partial charge in [0.15, 0.2) is 0 Å². The van der Waals surface area contributed by atoms with E-state index < -0.39 is 0 Å². The Morgan fingerprint density at radius 3 is 2.68 bits per heavy atom. The summed E-state index contributed by atoms with van der Waals surface area (Å²) in [5.41, 5.74) is 3.74. The van der Waals surface area contributed by atoms with Gasteiger partial charge in [-0.3, -0.25) is 14.7 Å². The van der Waals surface area contributed by atoms with Gasteiger partial charge in [0, 0.05) is 29.9 Å². The summed E-state index contributed by atoms with van der Waals surface area (Å²) in [5, 5.41) is 12.7. The Balaban J connectivity index is 1.41. The summed E-state index contributed by atoms with van der Waals surface area (Å²) in [5.74, 6) is 0.189. The van der Waals surface area contributed by atoms with Crippen molar-refractivity contribution in [1.29, 1.82) is 0 Å². The van der Waals surface area contributed by atoms with E-state index in [1.807, 2.05) is 30.3 Å². The fraction of sp³-hybridized carbons (Fsp3) is 0.292. The predicted molar refractivity (Wildman–Crippen MR) is 118 cm³/mol. The Kier molecular flexibility index (Phi) is 6.31. The van der Waals surface area contributed by atoms with Crippen molar-refractivity contribution < 1.29 is 14.3 Å². The zero-order chi connectivity index (χ0) is 21.6. The topological polar surface area (TPSA) is 96.1 Å². The molecule has 1 aliphatic carbocycles. The van der Waals surface area contributed by atoms with E-state index in [-0.39, 0.29) is 17.9 Å². The summed E-state index contributed by atoms with van der Waals surface area (Å²) in [6.45, 7) is 0.315. The maximum absolute atomic E-state index is 12.8. The highest BCUT2D eigenvalue weighted by Crippen LogP contribution is 2.27. The molecule has 0 spiro atoms. The Morgan fingerprint density at radius 2 is 1.94 bits per heavy atom. The summed E-state index contributed by atoms with van der Waals surface area (Å²) in [6, 6.07) is 13.0. The number of nitrogens with zero attached hydrogens (tertiary/aromatic N) is 1. The highest BCUT2D eigenvalue weighted by molar-refractivity contribution is 5.98. The van der Waals surface area contributed by atoms with Crippen molar-refractivity contribution in [2.24, 2.45) is 0 Å². The second kappa shape index (κ2) is 9.47. The monoisotopic (exact) mass is 418 g/mol. The predicted octanol–water partition coefficient (Wildman–Crippen LogP) is 3.69. The lowest BCUT2D eigenvalue weighted by Crippen LogP contribution is -2.32. The van der Waals surface area contributed by atoms with Crippen LogP contribution in [0.15, 0.2) is 54.9 Å². The summed E-state index contributed by atoms with van der Waals surface area (Å²) in [7, 11) is 1.54. The number of rotatable bonds is 7. The molecule has 0 unspecified atom stereocenters. The lowest BCUT2D eigenvalue weighted by molar-refractivity contribution is 0.0935. The van der Waals surface area contributed by atoms with E-state index in [2.05, 4.69) is 20.8 Å². The van der Waals surface area contributed by atoms with E-state index in [1.54, 1.807) is 24.5 Å². The second-order valence-electron chi connectivity index (χ2n) is 7.74. The number of hydrogen-bond donors (Lipinski definition) is 3. The van der Waals surface area contributed by atoms with Crippen LogP contribution in [-0.2, 0) is 6.54 Å². The van der Waals surface area contributed by atoms with Gasteiger partial charge in [0.2, 0.25) is 0 Å². The Morgan fingerprint density at radius 1 is 1.10 bits per heavy atom. The van der Waals surface area contributed by atoms with Crippen molar-refractivity contribution >= 4 is 11.8 Å². The Labute approximate surface area is 181 Å². The summed E-state index contributed by atoms with van der Waals surface area (Å²) >= 11 is 0. The molecule has 0 saturated heterocycles. The largest absolute Gasteiger partial charge is 0.496 e. The van der Waals surface area contributed by atoms with E-state index in [4.69, 9.17) is 4.74 Å². The van der Waals surface area contributed by atoms with Crippen LogP contribution in [0.5, 0.6) is 5.75 Å². The molecule has 2 amide bonds. The number of hydrogen-bond acceptors (Lipinski definition) is 4. The van der Waals surface area contributed by atoms with E-state index in [1.165, 1.54) is 20.0 Å². The molecular weight excluding hydrogens is 392 g/mol. The van der Waals surface area contributed by atoms with Gasteiger partial charge in [0.05, 0.1) is 18.9 Å². The standard InChI is InChI=1S/C24H26N4O3/c1-31-22-12-17(19-14-26-27-15-19)9-10-21(22)24(30)25-13-16-5-4-6-18(11-16)23(29)28-20-7-2-3-8-20/h4-6,9-12,14-15,20H,2-3,7-8,13H2,1H3,(H,25,30)(H,26,27)(H,28,29). The van der Waals surface area contributed by atoms with Crippen molar-refractivity contribution in [1.82, 2.24) is 20.8 Å². The second-order valence-corrected chi connectivity index (χ2v) is 7.74. The van der Waals surface area contributed by atoms with Gasteiger partial charge in [-0.1, -0.05) is 31.0 Å². The third kappa shape index (κ3) is 4.94. The average molecular weight is 418 g/mol. The van der Waals surface area contributed by atoms with E-state index in [0.29, 0.717) is 23.4 Å². The molecular formula is C24H26N4O3. The first kappa shape index (κ1) is 20.7. The van der Waals surface area contributed by atoms with Crippen LogP contribution in [0.25, 0.3) is 11.1 Å². The van der Waals surface area contributed by atoms with E-state index >= 15 is 0 Å². The third-order valence-corrected chi connectivity index (χ3v) is 5.61. The van der Waals surface area contributed by atoms with Crippen molar-refractivity contribution in [2.75, 3.05) is 7.11 Å². The van der Waals surface area contributed by atoms with Gasteiger partial charge >= 0.3 is 0 Å². The first-order valence-corrected chi connectivity index (χ1v) is 10.5. The maximum atomic E-state index is 12.8. The molecule has 1 fully saturated rings. The molecule has 4 rings (SSSR count). The van der Waals surface area contributed by atoms with Gasteiger partial charge in [-0.05, 0) is 48.2 Å². The van der Waals surface area contributed by atoms with Gasteiger partial charge in [0.25, 0.3) is 11.8 Å². The zero-order valence-corrected chi connectivity index (χ0v) is 17.5. The molecule has 160 valence electrons. The van der Waals surface area contributed by atoms with E-state index in [0.717, 1.165) is 29.5 Å². The first-order chi connectivity index (χ1) is 15.1. The molecule has 1 saturated carbocycles. The lowest BCUT2D eigenvalue weighted by atomic mass is 10.1. The number of carbonyl (C=O) groups excluding carboxylic acids is 2. The molecule has 2 aromatic carbocycles. The number of benzene rings is 2. The van der Waals surface area contributed by atoms with Crippen LogP contribution >= 0.6 is 0 Å². The molecule has 0 bridgehead atoms. The van der Waals surface area contributed by atoms with Gasteiger partial charge in [0.1, 0.15) is 5.75 Å². The number of aromatic amines is 1. The van der Waals surface area contributed by atoms with Crippen molar-refractivity contribution in [3.05, 3.63) is 71.5 Å². The number of amides is 2. The summed E-state index contributed by atoms with van der Waals surface area (Å²) in [6.07, 6.45) is 7.92. The number of methoxy groups -OCH3 is 1. The van der Waals surface area contributed by atoms with Gasteiger partial charge in [-0.15, -0.1) is 0 Å². The van der Waals surface area contributed by atoms with Crippen LogP contribution in [0, 0.1) is 0 Å². The molecule has 31 heavy (non-hydrogen) atoms. The molecule has 0 atom stereocenters. The normalized spacial score (nSPS) is 13.7. The fourth-order valence-corrected chi connectivity index (χ4v) is 3.91. The zero-order valence-electron chi connectivity index (χ0n) is 17.5. The van der Waals surface area contributed by atoms with Crippen molar-refractivity contribution in [3.8, 4) is 16.9 Å². The number of aromatic nitrogens is 2. The maximum Gasteiger partial charge on any atom is 0.255 e. The number of carbonyl (C=O) groups is 2. The molecule has 7 nitrogen and oxygen atoms in total. The van der Waals surface area contributed by atoms with Crippen LogP contribution in [0.3, 0.4) is 0 Å². The van der Waals surface area contributed by atoms with Crippen LogP contribution in [0.2, 0.25) is 0 Å². The molecule has 1 heterocycles. The highest BCUT2D eigenvalue weighted by Gasteiger charge is 2.18. The SMILES string of the molecule is COc1cc(-c2cn[nH]c2)ccc1C(=O)NCc1cccc(C(=O)NC2CCCC2)c1. The summed E-state index contributed by atoms with van der Waals surface area (Å²) in [4.78, 5) is 25.3. The van der Waals surface area contributed by atoms with Gasteiger partial charge in [-0.25, -0.2) is 0 Å². The summed E-state index contributed by atoms with van der Waals surface area (Å²) < 4.78 is 5.43. The Bertz CT molecular complexity index is 1060. The van der Waals surface area contributed by atoms with Crippen LogP contribution < -0.4 is 15.4 Å². The lowest BCUT2D eigenvalue weighted by Gasteiger charge is -2.13. The van der Waals surface area contributed by atoms with Crippen LogP contribution in [-0.4, -0.2) is 35.2 Å². The molecule has 3 aromatic rings. The minimum absolute atomic E-state index is 0.0587. The minimum Gasteiger partial charge on any atom is -0.496 e. The smallest absolute Gasteiger partial charge is 0.255 e. The average Bonchev–Trinajstić information content (AvgIpc) is 3.52. The number of ether oxygens (including phenoxy) is 1. The number of H-pyrrole nitrogens is 1. The van der Waals surface area contributed by atoms with Crippen LogP contribution in [0.1, 0.15) is 52.0 Å². The third-order valence-electron chi connectivity index (χ3n) is 5.61. The molecule has 1 aliphatic rings. The molecule has 0 radical (unpaired) electrons. The van der Waals surface area contributed by atoms with Gasteiger partial charge in [-0.2, -0.15) is 5.10 Å². The first-order valence-electron chi connectivity index (χ1n) is 10.5. The molecule has 3 N–H and O–H groups in total. The van der Waals surface area contributed by atoms with Crippen molar-refractivity contribution in [2.45, 2.75) is 38.3 Å². The minimum atomic E-state index is -0.239. The number of nitrogens with one attached hydrogen (secondary N) is 3. The fourth-order valence-electron chi connectivity index (χ4n) is 3.91. The molecule has 1 aromatic heterocycles. The molecule has 7 heteroatoms. The van der Waals surface area contributed by atoms with Crippen molar-refractivity contribution in [3.63, 3.8) is 0 Å². The molecule has 0 aliphatic heterocycles. The van der Waals surface area contributed by atoms with Gasteiger partial charge < -0.3 is 15.4 Å². The Hall–Kier alpha value is -3.61. The highest BCUT2D eigenvalue weighted by atomic mass is 16.5. The van der Waals surface area contributed by atoms with E-state index in [9.17, 15) is 9.59 Å². The van der Waals surface area contributed by atoms with Crippen LogP contribution in [0.4, 0.5) is 0 Å². The quantitative estimate of drug-likeness (QED) is 0.545.